The summed E-state index contributed by atoms with van der Waals surface area (Å²) in [6.07, 6.45) is 2.80. The quantitative estimate of drug-likeness (QED) is 0.800. The zero-order chi connectivity index (χ0) is 15.2. The first-order valence-corrected chi connectivity index (χ1v) is 7.32. The van der Waals surface area contributed by atoms with Crippen LogP contribution in [0.2, 0.25) is 0 Å². The van der Waals surface area contributed by atoms with Crippen molar-refractivity contribution in [2.24, 2.45) is 0 Å². The summed E-state index contributed by atoms with van der Waals surface area (Å²) in [6.45, 7) is 2.90. The molecule has 4 nitrogen and oxygen atoms in total. The van der Waals surface area contributed by atoms with Gasteiger partial charge in [-0.1, -0.05) is 13.0 Å². The normalized spacial score (nSPS) is 9.43. The first-order valence-electron chi connectivity index (χ1n) is 6.44. The van der Waals surface area contributed by atoms with Crippen LogP contribution in [0.25, 0.3) is 16.1 Å². The molecule has 0 bridgehead atoms. The fraction of sp³-hybridized carbons (Fsp3) is 0.188. The molecule has 0 fully saturated rings. The molecule has 0 aliphatic heterocycles. The zero-order valence-corrected chi connectivity index (χ0v) is 12.3. The Morgan fingerprint density at radius 3 is 2.52 bits per heavy atom. The number of allylic oxidation sites excluding steroid dienone is 2. The van der Waals surface area contributed by atoms with Crippen molar-refractivity contribution in [3.8, 4) is 28.8 Å². The van der Waals surface area contributed by atoms with E-state index >= 15 is 0 Å². The number of aryl methyl sites for hydroxylation is 1. The van der Waals surface area contributed by atoms with E-state index < -0.39 is 0 Å². The number of nitrogens with zero attached hydrogens (tertiary/aromatic N) is 4. The van der Waals surface area contributed by atoms with Crippen LogP contribution >= 0.6 is 11.3 Å². The summed E-state index contributed by atoms with van der Waals surface area (Å²) in [7, 11) is 0. The van der Waals surface area contributed by atoms with Crippen LogP contribution < -0.4 is 0 Å². The molecule has 0 amide bonds. The Hall–Kier alpha value is -2.81. The van der Waals surface area contributed by atoms with E-state index in [0.29, 0.717) is 5.56 Å². The Bertz CT molecular complexity index is 773. The Balaban J connectivity index is 2.61. The van der Waals surface area contributed by atoms with Gasteiger partial charge >= 0.3 is 0 Å². The van der Waals surface area contributed by atoms with Gasteiger partial charge in [-0.3, -0.25) is 0 Å². The number of aromatic nitrogens is 1. The molecular weight excluding hydrogens is 280 g/mol. The van der Waals surface area contributed by atoms with Crippen LogP contribution in [-0.2, 0) is 6.54 Å². The summed E-state index contributed by atoms with van der Waals surface area (Å²) in [5, 5.41) is 29.2. The van der Waals surface area contributed by atoms with Crippen LogP contribution in [0.15, 0.2) is 35.3 Å². The molecule has 102 valence electrons. The van der Waals surface area contributed by atoms with Crippen LogP contribution in [0.5, 0.6) is 0 Å². The van der Waals surface area contributed by atoms with E-state index in [2.05, 4.69) is 11.5 Å². The van der Waals surface area contributed by atoms with E-state index in [0.717, 1.165) is 23.5 Å². The minimum atomic E-state index is -0.149. The molecule has 0 aromatic carbocycles. The SMILES string of the molecule is CCCn1cc(C(C#N)=C(C#N)C#N)cc1-c1cccs1. The Morgan fingerprint density at radius 2 is 2.00 bits per heavy atom. The van der Waals surface area contributed by atoms with Crippen molar-refractivity contribution < 1.29 is 0 Å². The smallest absolute Gasteiger partial charge is 0.148 e. The lowest BCUT2D eigenvalue weighted by molar-refractivity contribution is 0.690. The highest BCUT2D eigenvalue weighted by Crippen LogP contribution is 2.30. The van der Waals surface area contributed by atoms with Crippen LogP contribution in [0, 0.1) is 34.0 Å². The summed E-state index contributed by atoms with van der Waals surface area (Å²) in [5.41, 5.74) is 1.61. The average molecular weight is 292 g/mol. The molecule has 0 saturated heterocycles. The third-order valence-corrected chi connectivity index (χ3v) is 3.90. The second-order valence-corrected chi connectivity index (χ2v) is 5.32. The van der Waals surface area contributed by atoms with Gasteiger partial charge in [0.15, 0.2) is 0 Å². The van der Waals surface area contributed by atoms with Gasteiger partial charge in [-0.15, -0.1) is 11.3 Å². The lowest BCUT2D eigenvalue weighted by Crippen LogP contribution is -1.96. The average Bonchev–Trinajstić information content (AvgIpc) is 3.14. The summed E-state index contributed by atoms with van der Waals surface area (Å²) >= 11 is 1.62. The Morgan fingerprint density at radius 1 is 1.24 bits per heavy atom. The summed E-state index contributed by atoms with van der Waals surface area (Å²) in [4.78, 5) is 1.10. The topological polar surface area (TPSA) is 76.3 Å². The van der Waals surface area contributed by atoms with Gasteiger partial charge in [0, 0.05) is 18.3 Å². The molecule has 0 N–H and O–H groups in total. The molecule has 0 aliphatic rings. The first-order chi connectivity index (χ1) is 10.2. The summed E-state index contributed by atoms with van der Waals surface area (Å²) < 4.78 is 2.06. The fourth-order valence-corrected chi connectivity index (χ4v) is 2.86. The van der Waals surface area contributed by atoms with Gasteiger partial charge in [-0.05, 0) is 23.9 Å². The maximum Gasteiger partial charge on any atom is 0.148 e. The van der Waals surface area contributed by atoms with Crippen LogP contribution in [0.1, 0.15) is 18.9 Å². The highest BCUT2D eigenvalue weighted by Gasteiger charge is 2.15. The fourth-order valence-electron chi connectivity index (χ4n) is 2.11. The van der Waals surface area contributed by atoms with Gasteiger partial charge in [-0.25, -0.2) is 0 Å². The Labute approximate surface area is 127 Å². The number of thiophene rings is 1. The van der Waals surface area contributed by atoms with Crippen LogP contribution in [0.3, 0.4) is 0 Å². The van der Waals surface area contributed by atoms with E-state index in [4.69, 9.17) is 10.5 Å². The van der Waals surface area contributed by atoms with Crippen molar-refractivity contribution >= 4 is 16.9 Å². The molecule has 2 heterocycles. The minimum Gasteiger partial charge on any atom is -0.346 e. The summed E-state index contributed by atoms with van der Waals surface area (Å²) in [5.74, 6) is 0. The van der Waals surface area contributed by atoms with Crippen molar-refractivity contribution in [2.75, 3.05) is 0 Å². The third kappa shape index (κ3) is 2.87. The van der Waals surface area contributed by atoms with Crippen LogP contribution in [0.4, 0.5) is 0 Å². The molecule has 0 saturated carbocycles. The van der Waals surface area contributed by atoms with Crippen molar-refractivity contribution in [1.29, 1.82) is 15.8 Å². The van der Waals surface area contributed by atoms with Gasteiger partial charge in [0.2, 0.25) is 0 Å². The molecule has 0 spiro atoms. The first kappa shape index (κ1) is 14.6. The maximum atomic E-state index is 9.26. The van der Waals surface area contributed by atoms with Gasteiger partial charge in [0.1, 0.15) is 23.8 Å². The highest BCUT2D eigenvalue weighted by atomic mass is 32.1. The van der Waals surface area contributed by atoms with Crippen molar-refractivity contribution in [3.63, 3.8) is 0 Å². The van der Waals surface area contributed by atoms with E-state index in [1.807, 2.05) is 35.8 Å². The number of hydrogen-bond donors (Lipinski definition) is 0. The molecule has 0 atom stereocenters. The molecular formula is C16H12N4S. The molecule has 0 aliphatic carbocycles. The molecule has 2 rings (SSSR count). The van der Waals surface area contributed by atoms with Gasteiger partial charge < -0.3 is 4.57 Å². The lowest BCUT2D eigenvalue weighted by atomic mass is 10.1. The molecule has 0 unspecified atom stereocenters. The van der Waals surface area contributed by atoms with Crippen molar-refractivity contribution in [2.45, 2.75) is 19.9 Å². The zero-order valence-electron chi connectivity index (χ0n) is 11.5. The van der Waals surface area contributed by atoms with E-state index in [1.54, 1.807) is 23.5 Å². The molecule has 21 heavy (non-hydrogen) atoms. The molecule has 2 aromatic heterocycles. The predicted octanol–water partition coefficient (Wildman–Crippen LogP) is 3.95. The van der Waals surface area contributed by atoms with E-state index in [9.17, 15) is 5.26 Å². The maximum absolute atomic E-state index is 9.26. The monoisotopic (exact) mass is 292 g/mol. The van der Waals surface area contributed by atoms with Gasteiger partial charge in [0.05, 0.1) is 16.1 Å². The minimum absolute atomic E-state index is 0.132. The van der Waals surface area contributed by atoms with Crippen molar-refractivity contribution in [1.82, 2.24) is 4.57 Å². The highest BCUT2D eigenvalue weighted by molar-refractivity contribution is 7.13. The van der Waals surface area contributed by atoms with Crippen molar-refractivity contribution in [3.05, 3.63) is 40.9 Å². The largest absolute Gasteiger partial charge is 0.346 e. The predicted molar refractivity (Wildman–Crippen MR) is 81.8 cm³/mol. The lowest BCUT2D eigenvalue weighted by Gasteiger charge is -2.04. The number of hydrogen-bond acceptors (Lipinski definition) is 4. The van der Waals surface area contributed by atoms with E-state index in [-0.39, 0.29) is 11.1 Å². The van der Waals surface area contributed by atoms with Gasteiger partial charge in [0.25, 0.3) is 0 Å². The second-order valence-electron chi connectivity index (χ2n) is 4.37. The number of nitriles is 3. The number of rotatable bonds is 4. The molecule has 2 aromatic rings. The molecule has 0 radical (unpaired) electrons. The standard InChI is InChI=1S/C16H12N4S/c1-2-5-20-11-12(14(10-19)13(8-17)9-18)7-15(20)16-4-3-6-21-16/h3-4,6-7,11H,2,5H2,1H3. The Kier molecular flexibility index (Phi) is 4.57. The van der Waals surface area contributed by atoms with Crippen LogP contribution in [-0.4, -0.2) is 4.57 Å². The summed E-state index contributed by atoms with van der Waals surface area (Å²) in [6, 6.07) is 11.4. The molecule has 5 heteroatoms. The third-order valence-electron chi connectivity index (χ3n) is 3.01. The second kappa shape index (κ2) is 6.57. The van der Waals surface area contributed by atoms with Gasteiger partial charge in [-0.2, -0.15) is 15.8 Å². The van der Waals surface area contributed by atoms with E-state index in [1.165, 1.54) is 0 Å².